The van der Waals surface area contributed by atoms with Gasteiger partial charge in [-0.2, -0.15) is 4.98 Å². The topological polar surface area (TPSA) is 68.4 Å². The van der Waals surface area contributed by atoms with Crippen LogP contribution in [0.25, 0.3) is 11.5 Å². The zero-order valence-electron chi connectivity index (χ0n) is 10.7. The lowest BCUT2D eigenvalue weighted by Crippen LogP contribution is -2.01. The molecule has 5 heteroatoms. The monoisotopic (exact) mass is 248 g/mol. The number of hydrogen-bond donors (Lipinski definition) is 1. The maximum absolute atomic E-state index is 9.37. The van der Waals surface area contributed by atoms with Gasteiger partial charge in [-0.3, -0.25) is 0 Å². The van der Waals surface area contributed by atoms with Crippen molar-refractivity contribution in [1.82, 2.24) is 10.1 Å². The minimum atomic E-state index is -0.153. The molecule has 0 saturated heterocycles. The Hall–Kier alpha value is -1.88. The van der Waals surface area contributed by atoms with Gasteiger partial charge in [-0.05, 0) is 37.1 Å². The smallest absolute Gasteiger partial charge is 0.258 e. The Morgan fingerprint density at radius 1 is 1.44 bits per heavy atom. The number of hydrogen-bond acceptors (Lipinski definition) is 5. The summed E-state index contributed by atoms with van der Waals surface area (Å²) >= 11 is 0. The summed E-state index contributed by atoms with van der Waals surface area (Å²) in [5.74, 6) is 1.21. The van der Waals surface area contributed by atoms with E-state index >= 15 is 0 Å². The van der Waals surface area contributed by atoms with Gasteiger partial charge in [0.05, 0.1) is 0 Å². The number of phenolic OH excluding ortho intramolecular Hbond substituents is 1. The predicted molar refractivity (Wildman–Crippen MR) is 66.2 cm³/mol. The van der Waals surface area contributed by atoms with Crippen LogP contribution in [0, 0.1) is 6.92 Å². The number of aromatic hydroxyl groups is 1. The third-order valence-corrected chi connectivity index (χ3v) is 2.83. The highest BCUT2D eigenvalue weighted by Crippen LogP contribution is 2.27. The summed E-state index contributed by atoms with van der Waals surface area (Å²) in [6.07, 6.45) is 0.629. The largest absolute Gasteiger partial charge is 0.508 e. The molecule has 0 aliphatic carbocycles. The first-order valence-electron chi connectivity index (χ1n) is 5.82. The third kappa shape index (κ3) is 2.36. The van der Waals surface area contributed by atoms with Gasteiger partial charge in [0, 0.05) is 12.7 Å². The number of rotatable bonds is 4. The first-order valence-corrected chi connectivity index (χ1v) is 5.82. The van der Waals surface area contributed by atoms with Gasteiger partial charge in [-0.25, -0.2) is 0 Å². The molecule has 2 rings (SSSR count). The van der Waals surface area contributed by atoms with E-state index in [-0.39, 0.29) is 11.9 Å². The molecule has 0 aliphatic heterocycles. The summed E-state index contributed by atoms with van der Waals surface area (Å²) in [4.78, 5) is 4.33. The molecule has 1 atom stereocenters. The van der Waals surface area contributed by atoms with Crippen LogP contribution in [0.15, 0.2) is 22.7 Å². The van der Waals surface area contributed by atoms with Gasteiger partial charge in [-0.1, -0.05) is 12.1 Å². The second-order valence-electron chi connectivity index (χ2n) is 4.09. The van der Waals surface area contributed by atoms with Gasteiger partial charge in [0.25, 0.3) is 5.89 Å². The zero-order valence-corrected chi connectivity index (χ0v) is 10.7. The van der Waals surface area contributed by atoms with Crippen molar-refractivity contribution < 1.29 is 14.4 Å². The number of benzene rings is 1. The van der Waals surface area contributed by atoms with E-state index in [1.54, 1.807) is 25.3 Å². The summed E-state index contributed by atoms with van der Waals surface area (Å²) in [6, 6.07) is 5.02. The number of phenols is 1. The summed E-state index contributed by atoms with van der Waals surface area (Å²) in [5, 5.41) is 13.3. The van der Waals surface area contributed by atoms with Crippen molar-refractivity contribution in [1.29, 1.82) is 0 Å². The third-order valence-electron chi connectivity index (χ3n) is 2.83. The molecular formula is C13H16N2O3. The highest BCUT2D eigenvalue weighted by molar-refractivity contribution is 5.59. The van der Waals surface area contributed by atoms with Gasteiger partial charge in [0.1, 0.15) is 11.9 Å². The first kappa shape index (κ1) is 12.6. The van der Waals surface area contributed by atoms with E-state index in [9.17, 15) is 5.11 Å². The van der Waals surface area contributed by atoms with E-state index in [0.29, 0.717) is 11.7 Å². The van der Waals surface area contributed by atoms with Crippen LogP contribution in [-0.2, 0) is 4.74 Å². The maximum Gasteiger partial charge on any atom is 0.258 e. The average Bonchev–Trinajstić information content (AvgIpc) is 2.80. The Bertz CT molecular complexity index is 533. The highest BCUT2D eigenvalue weighted by atomic mass is 16.5. The van der Waals surface area contributed by atoms with Gasteiger partial charge in [0.2, 0.25) is 5.82 Å². The van der Waals surface area contributed by atoms with Crippen molar-refractivity contribution in [3.63, 3.8) is 0 Å². The lowest BCUT2D eigenvalue weighted by Gasteiger charge is -2.06. The van der Waals surface area contributed by atoms with E-state index < -0.39 is 0 Å². The molecule has 1 aromatic heterocycles. The van der Waals surface area contributed by atoms with Crippen LogP contribution in [0.2, 0.25) is 0 Å². The fraction of sp³-hybridized carbons (Fsp3) is 0.385. The molecule has 0 aliphatic rings. The Balaban J connectivity index is 2.34. The second-order valence-corrected chi connectivity index (χ2v) is 4.09. The molecule has 1 aromatic carbocycles. The van der Waals surface area contributed by atoms with Gasteiger partial charge >= 0.3 is 0 Å². The molecule has 1 heterocycles. The van der Waals surface area contributed by atoms with E-state index in [1.807, 2.05) is 13.8 Å². The molecule has 18 heavy (non-hydrogen) atoms. The summed E-state index contributed by atoms with van der Waals surface area (Å²) in [7, 11) is 1.62. The Morgan fingerprint density at radius 2 is 2.22 bits per heavy atom. The summed E-state index contributed by atoms with van der Waals surface area (Å²) in [5.41, 5.74) is 1.70. The first-order chi connectivity index (χ1) is 8.65. The van der Waals surface area contributed by atoms with Gasteiger partial charge < -0.3 is 14.4 Å². The fourth-order valence-corrected chi connectivity index (χ4v) is 1.82. The fourth-order valence-electron chi connectivity index (χ4n) is 1.82. The van der Waals surface area contributed by atoms with Gasteiger partial charge in [0.15, 0.2) is 0 Å². The lowest BCUT2D eigenvalue weighted by molar-refractivity contribution is 0.0903. The highest BCUT2D eigenvalue weighted by Gasteiger charge is 2.17. The molecule has 0 fully saturated rings. The molecule has 1 unspecified atom stereocenters. The van der Waals surface area contributed by atoms with E-state index in [1.165, 1.54) is 0 Å². The molecule has 96 valence electrons. The number of nitrogens with zero attached hydrogens (tertiary/aromatic N) is 2. The van der Waals surface area contributed by atoms with Crippen LogP contribution < -0.4 is 0 Å². The normalized spacial score (nSPS) is 12.6. The molecule has 0 amide bonds. The molecule has 0 radical (unpaired) electrons. The van der Waals surface area contributed by atoms with Crippen molar-refractivity contribution in [2.75, 3.05) is 7.11 Å². The number of aromatic nitrogens is 2. The minimum absolute atomic E-state index is 0.153. The van der Waals surface area contributed by atoms with E-state index in [4.69, 9.17) is 9.26 Å². The quantitative estimate of drug-likeness (QED) is 0.901. The van der Waals surface area contributed by atoms with Crippen molar-refractivity contribution in [2.45, 2.75) is 26.4 Å². The second kappa shape index (κ2) is 5.18. The Labute approximate surface area is 105 Å². The van der Waals surface area contributed by atoms with Crippen molar-refractivity contribution in [3.8, 4) is 17.2 Å². The standard InChI is InChI=1S/C13H16N2O3/c1-4-11(17-3)12-14-13(18-15-12)10-6-5-9(16)7-8(10)2/h5-7,11,16H,4H2,1-3H3. The van der Waals surface area contributed by atoms with Crippen LogP contribution in [0.1, 0.15) is 30.8 Å². The lowest BCUT2D eigenvalue weighted by atomic mass is 10.1. The van der Waals surface area contributed by atoms with Crippen LogP contribution >= 0.6 is 0 Å². The molecule has 2 aromatic rings. The van der Waals surface area contributed by atoms with Crippen molar-refractivity contribution >= 4 is 0 Å². The van der Waals surface area contributed by atoms with Crippen LogP contribution in [0.4, 0.5) is 0 Å². The van der Waals surface area contributed by atoms with Crippen molar-refractivity contribution in [2.24, 2.45) is 0 Å². The van der Waals surface area contributed by atoms with Crippen molar-refractivity contribution in [3.05, 3.63) is 29.6 Å². The Kier molecular flexibility index (Phi) is 3.62. The number of ether oxygens (including phenoxy) is 1. The van der Waals surface area contributed by atoms with E-state index in [2.05, 4.69) is 10.1 Å². The summed E-state index contributed by atoms with van der Waals surface area (Å²) in [6.45, 7) is 3.88. The molecule has 0 saturated carbocycles. The minimum Gasteiger partial charge on any atom is -0.508 e. The van der Waals surface area contributed by atoms with E-state index in [0.717, 1.165) is 17.5 Å². The van der Waals surface area contributed by atoms with Crippen LogP contribution in [0.5, 0.6) is 5.75 Å². The maximum atomic E-state index is 9.37. The van der Waals surface area contributed by atoms with Gasteiger partial charge in [-0.15, -0.1) is 0 Å². The summed E-state index contributed by atoms with van der Waals surface area (Å²) < 4.78 is 10.5. The molecule has 1 N–H and O–H groups in total. The SMILES string of the molecule is CCC(OC)c1noc(-c2ccc(O)cc2C)n1. The zero-order chi connectivity index (χ0) is 13.1. The molecular weight excluding hydrogens is 232 g/mol. The predicted octanol–water partition coefficient (Wildman–Crippen LogP) is 2.85. The van der Waals surface area contributed by atoms with Crippen LogP contribution in [0.3, 0.4) is 0 Å². The Morgan fingerprint density at radius 3 is 2.83 bits per heavy atom. The molecule has 5 nitrogen and oxygen atoms in total. The molecule has 0 spiro atoms. The van der Waals surface area contributed by atoms with Crippen LogP contribution in [-0.4, -0.2) is 22.4 Å². The molecule has 0 bridgehead atoms. The average molecular weight is 248 g/mol. The number of methoxy groups -OCH3 is 1. The number of aryl methyl sites for hydroxylation is 1.